The summed E-state index contributed by atoms with van der Waals surface area (Å²) in [4.78, 5) is 21.4. The van der Waals surface area contributed by atoms with Crippen molar-refractivity contribution in [1.82, 2.24) is 9.88 Å². The maximum atomic E-state index is 12.6. The third kappa shape index (κ3) is 4.86. The van der Waals surface area contributed by atoms with Crippen molar-refractivity contribution in [2.24, 2.45) is 0 Å². The first-order valence-corrected chi connectivity index (χ1v) is 11.1. The Balaban J connectivity index is 1.31. The van der Waals surface area contributed by atoms with Gasteiger partial charge in [0.05, 0.1) is 12.3 Å². The Labute approximate surface area is 185 Å². The van der Waals surface area contributed by atoms with Crippen molar-refractivity contribution in [2.45, 2.75) is 6.92 Å². The molecule has 1 fully saturated rings. The molecule has 1 aliphatic heterocycles. The molecule has 0 spiro atoms. The van der Waals surface area contributed by atoms with Crippen LogP contribution in [0.1, 0.15) is 6.92 Å². The maximum Gasteiger partial charge on any atom is 0.321 e. The summed E-state index contributed by atoms with van der Waals surface area (Å²) in [7, 11) is 0. The number of nitrogens with zero attached hydrogens (tertiary/aromatic N) is 3. The Bertz CT molecular complexity index is 983. The molecule has 0 unspecified atom stereocenters. The summed E-state index contributed by atoms with van der Waals surface area (Å²) < 4.78 is 5.43. The Morgan fingerprint density at radius 1 is 1.10 bits per heavy atom. The van der Waals surface area contributed by atoms with E-state index < -0.39 is 0 Å². The van der Waals surface area contributed by atoms with Gasteiger partial charge in [0.2, 0.25) is 0 Å². The zero-order valence-electron chi connectivity index (χ0n) is 16.7. The summed E-state index contributed by atoms with van der Waals surface area (Å²) in [6.07, 6.45) is 0. The Kier molecular flexibility index (Phi) is 6.40. The Morgan fingerprint density at radius 2 is 1.80 bits per heavy atom. The normalized spacial score (nSPS) is 13.9. The molecule has 2 amide bonds. The van der Waals surface area contributed by atoms with Gasteiger partial charge < -0.3 is 19.9 Å². The van der Waals surface area contributed by atoms with Crippen LogP contribution >= 0.6 is 22.9 Å². The summed E-state index contributed by atoms with van der Waals surface area (Å²) in [6, 6.07) is 15.0. The van der Waals surface area contributed by atoms with Gasteiger partial charge >= 0.3 is 6.03 Å². The minimum absolute atomic E-state index is 0.0835. The van der Waals surface area contributed by atoms with Gasteiger partial charge in [-0.25, -0.2) is 9.78 Å². The molecule has 4 rings (SSSR count). The molecule has 8 heteroatoms. The van der Waals surface area contributed by atoms with Crippen LogP contribution in [0, 0.1) is 0 Å². The third-order valence-corrected chi connectivity index (χ3v) is 6.04. The van der Waals surface area contributed by atoms with E-state index in [4.69, 9.17) is 21.3 Å². The second-order valence-electron chi connectivity index (χ2n) is 6.88. The highest BCUT2D eigenvalue weighted by atomic mass is 35.5. The smallest absolute Gasteiger partial charge is 0.321 e. The van der Waals surface area contributed by atoms with Gasteiger partial charge in [0.1, 0.15) is 5.75 Å². The van der Waals surface area contributed by atoms with E-state index in [-0.39, 0.29) is 6.03 Å². The van der Waals surface area contributed by atoms with Crippen LogP contribution in [0.15, 0.2) is 53.9 Å². The number of carbonyl (C=O) groups is 1. The first-order valence-electron chi connectivity index (χ1n) is 9.87. The lowest BCUT2D eigenvalue weighted by Gasteiger charge is -2.34. The number of hydrogen-bond acceptors (Lipinski definition) is 5. The summed E-state index contributed by atoms with van der Waals surface area (Å²) >= 11 is 7.59. The van der Waals surface area contributed by atoms with Gasteiger partial charge in [0, 0.05) is 47.8 Å². The van der Waals surface area contributed by atoms with Crippen LogP contribution < -0.4 is 15.0 Å². The van der Waals surface area contributed by atoms with Crippen molar-refractivity contribution in [2.75, 3.05) is 43.0 Å². The largest absolute Gasteiger partial charge is 0.494 e. The lowest BCUT2D eigenvalue weighted by molar-refractivity contribution is 0.208. The van der Waals surface area contributed by atoms with Crippen molar-refractivity contribution in [3.05, 3.63) is 58.9 Å². The predicted octanol–water partition coefficient (Wildman–Crippen LogP) is 5.22. The van der Waals surface area contributed by atoms with Crippen molar-refractivity contribution in [3.63, 3.8) is 0 Å². The summed E-state index contributed by atoms with van der Waals surface area (Å²) in [5.74, 6) is 0.797. The first kappa shape index (κ1) is 20.5. The average molecular weight is 443 g/mol. The first-order chi connectivity index (χ1) is 14.6. The van der Waals surface area contributed by atoms with Crippen LogP contribution in [-0.2, 0) is 0 Å². The number of amides is 2. The zero-order valence-corrected chi connectivity index (χ0v) is 18.2. The molecule has 3 aromatic rings. The average Bonchev–Trinajstić information content (AvgIpc) is 3.26. The predicted molar refractivity (Wildman–Crippen MR) is 123 cm³/mol. The highest BCUT2D eigenvalue weighted by Gasteiger charge is 2.23. The fourth-order valence-electron chi connectivity index (χ4n) is 3.27. The molecular formula is C22H23ClN4O2S. The molecule has 0 radical (unpaired) electrons. The number of piperazine rings is 1. The minimum atomic E-state index is -0.0835. The number of nitrogens with one attached hydrogen (secondary N) is 1. The number of hydrogen-bond donors (Lipinski definition) is 1. The van der Waals surface area contributed by atoms with Gasteiger partial charge in [0.15, 0.2) is 5.13 Å². The third-order valence-electron chi connectivity index (χ3n) is 4.89. The Hall–Kier alpha value is -2.77. The monoisotopic (exact) mass is 442 g/mol. The molecule has 6 nitrogen and oxygen atoms in total. The van der Waals surface area contributed by atoms with E-state index in [0.717, 1.165) is 40.9 Å². The number of benzene rings is 2. The molecule has 0 bridgehead atoms. The molecule has 1 aromatic heterocycles. The van der Waals surface area contributed by atoms with Gasteiger partial charge in [-0.1, -0.05) is 23.7 Å². The number of urea groups is 1. The number of anilines is 2. The van der Waals surface area contributed by atoms with Crippen LogP contribution in [-0.4, -0.2) is 48.7 Å². The molecular weight excluding hydrogens is 420 g/mol. The number of aromatic nitrogens is 1. The van der Waals surface area contributed by atoms with Gasteiger partial charge in [0.25, 0.3) is 0 Å². The maximum absolute atomic E-state index is 12.6. The number of carbonyl (C=O) groups excluding carboxylic acids is 1. The fraction of sp³-hybridized carbons (Fsp3) is 0.273. The van der Waals surface area contributed by atoms with Gasteiger partial charge in [-0.15, -0.1) is 11.3 Å². The lowest BCUT2D eigenvalue weighted by Crippen LogP contribution is -2.50. The van der Waals surface area contributed by atoms with Crippen LogP contribution in [0.5, 0.6) is 5.75 Å². The topological polar surface area (TPSA) is 57.7 Å². The molecule has 30 heavy (non-hydrogen) atoms. The fourth-order valence-corrected chi connectivity index (χ4v) is 4.28. The molecule has 1 N–H and O–H groups in total. The minimum Gasteiger partial charge on any atom is -0.494 e. The number of halogens is 1. The van der Waals surface area contributed by atoms with Crippen LogP contribution in [0.25, 0.3) is 11.3 Å². The van der Waals surface area contributed by atoms with E-state index >= 15 is 0 Å². The van der Waals surface area contributed by atoms with E-state index in [0.29, 0.717) is 24.7 Å². The van der Waals surface area contributed by atoms with E-state index in [1.165, 1.54) is 0 Å². The van der Waals surface area contributed by atoms with Crippen LogP contribution in [0.2, 0.25) is 5.02 Å². The van der Waals surface area contributed by atoms with E-state index in [1.54, 1.807) is 11.3 Å². The van der Waals surface area contributed by atoms with E-state index in [9.17, 15) is 4.79 Å². The van der Waals surface area contributed by atoms with Gasteiger partial charge in [-0.3, -0.25) is 0 Å². The van der Waals surface area contributed by atoms with Gasteiger partial charge in [-0.05, 0) is 43.3 Å². The number of ether oxygens (including phenoxy) is 1. The highest BCUT2D eigenvalue weighted by Crippen LogP contribution is 2.29. The number of rotatable bonds is 5. The molecule has 2 heterocycles. The van der Waals surface area contributed by atoms with Crippen molar-refractivity contribution >= 4 is 39.8 Å². The van der Waals surface area contributed by atoms with Crippen LogP contribution in [0.3, 0.4) is 0 Å². The Morgan fingerprint density at radius 3 is 2.47 bits per heavy atom. The number of thiazole rings is 1. The SMILES string of the molecule is CCOc1ccc(NC(=O)N2CCN(c3nc(-c4ccc(Cl)cc4)cs3)CC2)cc1. The molecule has 0 aliphatic carbocycles. The quantitative estimate of drug-likeness (QED) is 0.588. The van der Waals surface area contributed by atoms with Gasteiger partial charge in [-0.2, -0.15) is 0 Å². The second kappa shape index (κ2) is 9.36. The molecule has 156 valence electrons. The lowest BCUT2D eigenvalue weighted by atomic mass is 10.2. The van der Waals surface area contributed by atoms with E-state index in [2.05, 4.69) is 15.6 Å². The summed E-state index contributed by atoms with van der Waals surface area (Å²) in [5.41, 5.74) is 2.76. The highest BCUT2D eigenvalue weighted by molar-refractivity contribution is 7.14. The van der Waals surface area contributed by atoms with E-state index in [1.807, 2.05) is 60.4 Å². The standard InChI is InChI=1S/C22H23ClN4O2S/c1-2-29-19-9-7-18(8-10-19)24-21(28)26-11-13-27(14-12-26)22-25-20(15-30-22)16-3-5-17(23)6-4-16/h3-10,15H,2,11-14H2,1H3,(H,24,28). The molecule has 0 saturated carbocycles. The van der Waals surface area contributed by atoms with Crippen molar-refractivity contribution in [3.8, 4) is 17.0 Å². The molecule has 2 aromatic carbocycles. The second-order valence-corrected chi connectivity index (χ2v) is 8.16. The van der Waals surface area contributed by atoms with Crippen molar-refractivity contribution in [1.29, 1.82) is 0 Å². The molecule has 1 aliphatic rings. The van der Waals surface area contributed by atoms with Crippen molar-refractivity contribution < 1.29 is 9.53 Å². The molecule has 0 atom stereocenters. The molecule has 1 saturated heterocycles. The zero-order chi connectivity index (χ0) is 20.9. The summed E-state index contributed by atoms with van der Waals surface area (Å²) in [6.45, 7) is 5.38. The van der Waals surface area contributed by atoms with Crippen LogP contribution in [0.4, 0.5) is 15.6 Å². The summed E-state index contributed by atoms with van der Waals surface area (Å²) in [5, 5.41) is 6.71.